The third-order valence-corrected chi connectivity index (χ3v) is 6.34. The first kappa shape index (κ1) is 21.1. The van der Waals surface area contributed by atoms with E-state index in [0.29, 0.717) is 18.9 Å². The number of hydrogen-bond donors (Lipinski definition) is 1. The Labute approximate surface area is 186 Å². The van der Waals surface area contributed by atoms with Crippen LogP contribution in [-0.2, 0) is 11.2 Å². The Morgan fingerprint density at radius 3 is 2.90 bits per heavy atom. The van der Waals surface area contributed by atoms with Crippen molar-refractivity contribution in [2.45, 2.75) is 32.3 Å². The van der Waals surface area contributed by atoms with Crippen molar-refractivity contribution in [1.82, 2.24) is 15.2 Å². The molecule has 3 heterocycles. The van der Waals surface area contributed by atoms with Crippen LogP contribution in [-0.4, -0.2) is 54.7 Å². The highest BCUT2D eigenvalue weighted by Gasteiger charge is 2.26. The Morgan fingerprint density at radius 1 is 1.27 bits per heavy atom. The first-order valence-electron chi connectivity index (χ1n) is 10.6. The first-order valence-corrected chi connectivity index (χ1v) is 11.3. The van der Waals surface area contributed by atoms with Gasteiger partial charge in [0.05, 0.1) is 6.42 Å². The number of aryl methyl sites for hydroxylation is 1. The molecular formula is C23H28BrN3O3. The van der Waals surface area contributed by atoms with E-state index in [4.69, 9.17) is 9.47 Å². The van der Waals surface area contributed by atoms with E-state index in [9.17, 15) is 4.79 Å². The number of pyridine rings is 1. The van der Waals surface area contributed by atoms with Crippen molar-refractivity contribution in [3.63, 3.8) is 0 Å². The summed E-state index contributed by atoms with van der Waals surface area (Å²) in [4.78, 5) is 19.0. The number of ether oxygens (including phenoxy) is 2. The normalized spacial score (nSPS) is 19.5. The van der Waals surface area contributed by atoms with Crippen LogP contribution in [0.2, 0.25) is 0 Å². The van der Waals surface area contributed by atoms with Crippen LogP contribution in [0.1, 0.15) is 24.1 Å². The minimum atomic E-state index is 0.0470. The van der Waals surface area contributed by atoms with E-state index in [2.05, 4.69) is 31.1 Å². The zero-order valence-electron chi connectivity index (χ0n) is 17.3. The Kier molecular flexibility index (Phi) is 6.89. The summed E-state index contributed by atoms with van der Waals surface area (Å²) in [5.74, 6) is 2.22. The molecule has 2 aliphatic rings. The van der Waals surface area contributed by atoms with Crippen molar-refractivity contribution in [2.75, 3.05) is 32.8 Å². The number of benzene rings is 1. The molecule has 0 radical (unpaired) electrons. The van der Waals surface area contributed by atoms with Crippen molar-refractivity contribution in [3.8, 4) is 11.5 Å². The molecular weight excluding hydrogens is 446 g/mol. The van der Waals surface area contributed by atoms with Gasteiger partial charge in [-0.25, -0.2) is 0 Å². The monoisotopic (exact) mass is 473 g/mol. The van der Waals surface area contributed by atoms with E-state index >= 15 is 0 Å². The third-order valence-electron chi connectivity index (χ3n) is 5.85. The minimum absolute atomic E-state index is 0.0470. The average Bonchev–Trinajstić information content (AvgIpc) is 2.75. The zero-order chi connectivity index (χ0) is 20.9. The summed E-state index contributed by atoms with van der Waals surface area (Å²) in [5, 5.41) is 3.11. The van der Waals surface area contributed by atoms with E-state index in [-0.39, 0.29) is 12.0 Å². The first-order chi connectivity index (χ1) is 14.6. The molecule has 7 heteroatoms. The van der Waals surface area contributed by atoms with Crippen LogP contribution < -0.4 is 14.8 Å². The molecule has 1 atom stereocenters. The van der Waals surface area contributed by atoms with Gasteiger partial charge < -0.3 is 14.8 Å². The van der Waals surface area contributed by atoms with E-state index < -0.39 is 0 Å². The van der Waals surface area contributed by atoms with E-state index in [1.165, 1.54) is 0 Å². The van der Waals surface area contributed by atoms with E-state index in [1.807, 2.05) is 37.3 Å². The van der Waals surface area contributed by atoms with Crippen molar-refractivity contribution in [3.05, 3.63) is 52.3 Å². The van der Waals surface area contributed by atoms with Crippen molar-refractivity contribution in [2.24, 2.45) is 5.92 Å². The fourth-order valence-electron chi connectivity index (χ4n) is 4.04. The lowest BCUT2D eigenvalue weighted by Gasteiger charge is -2.35. The highest BCUT2D eigenvalue weighted by molar-refractivity contribution is 9.10. The topological polar surface area (TPSA) is 63.7 Å². The van der Waals surface area contributed by atoms with Gasteiger partial charge >= 0.3 is 0 Å². The molecule has 4 rings (SSSR count). The maximum atomic E-state index is 12.3. The van der Waals surface area contributed by atoms with Crippen molar-refractivity contribution in [1.29, 1.82) is 0 Å². The number of hydrogen-bond acceptors (Lipinski definition) is 5. The van der Waals surface area contributed by atoms with Gasteiger partial charge in [-0.1, -0.05) is 22.0 Å². The number of rotatable bonds is 6. The maximum Gasteiger partial charge on any atom is 0.224 e. The van der Waals surface area contributed by atoms with Crippen LogP contribution in [0.4, 0.5) is 0 Å². The van der Waals surface area contributed by atoms with Gasteiger partial charge in [-0.3, -0.25) is 14.7 Å². The lowest BCUT2D eigenvalue weighted by atomic mass is 9.96. The predicted octanol–water partition coefficient (Wildman–Crippen LogP) is 3.36. The summed E-state index contributed by atoms with van der Waals surface area (Å²) in [6, 6.07) is 9.71. The number of nitrogens with one attached hydrogen (secondary N) is 1. The molecule has 2 aromatic rings. The van der Waals surface area contributed by atoms with Gasteiger partial charge in [-0.05, 0) is 68.6 Å². The average molecular weight is 474 g/mol. The number of piperidine rings is 1. The standard InChI is InChI=1S/C23H28BrN3O3/c1-16-18(3-2-8-25-16)11-23(28)26-13-17-6-9-27(10-7-17)14-20-15-29-21-5-4-19(24)12-22(21)30-20/h2-5,8,12,17,20H,6-7,9-11,13-15H2,1H3,(H,26,28). The molecule has 1 unspecified atom stereocenters. The third kappa shape index (κ3) is 5.52. The summed E-state index contributed by atoms with van der Waals surface area (Å²) < 4.78 is 13.0. The van der Waals surface area contributed by atoms with E-state index in [1.54, 1.807) is 6.20 Å². The molecule has 1 fully saturated rings. The van der Waals surface area contributed by atoms with Crippen LogP contribution in [0.15, 0.2) is 41.0 Å². The Hall–Kier alpha value is -2.12. The summed E-state index contributed by atoms with van der Waals surface area (Å²) in [6.45, 7) is 6.18. The van der Waals surface area contributed by atoms with Gasteiger partial charge in [0.25, 0.3) is 0 Å². The lowest BCUT2D eigenvalue weighted by Crippen LogP contribution is -2.45. The molecule has 0 spiro atoms. The van der Waals surface area contributed by atoms with Gasteiger partial charge in [0.2, 0.25) is 5.91 Å². The molecule has 30 heavy (non-hydrogen) atoms. The minimum Gasteiger partial charge on any atom is -0.486 e. The number of carbonyl (C=O) groups is 1. The van der Waals surface area contributed by atoms with Gasteiger partial charge in [-0.15, -0.1) is 0 Å². The summed E-state index contributed by atoms with van der Waals surface area (Å²) in [6.07, 6.45) is 4.37. The van der Waals surface area contributed by atoms with E-state index in [0.717, 1.165) is 66.2 Å². The van der Waals surface area contributed by atoms with Gasteiger partial charge in [0.15, 0.2) is 11.5 Å². The van der Waals surface area contributed by atoms with Gasteiger partial charge in [-0.2, -0.15) is 0 Å². The summed E-state index contributed by atoms with van der Waals surface area (Å²) in [7, 11) is 0. The highest BCUT2D eigenvalue weighted by atomic mass is 79.9. The smallest absolute Gasteiger partial charge is 0.224 e. The molecule has 1 saturated heterocycles. The van der Waals surface area contributed by atoms with Crippen molar-refractivity contribution < 1.29 is 14.3 Å². The molecule has 1 aromatic carbocycles. The van der Waals surface area contributed by atoms with Crippen LogP contribution in [0, 0.1) is 12.8 Å². The lowest BCUT2D eigenvalue weighted by molar-refractivity contribution is -0.120. The fraction of sp³-hybridized carbons (Fsp3) is 0.478. The second-order valence-corrected chi connectivity index (χ2v) is 9.03. The largest absolute Gasteiger partial charge is 0.486 e. The van der Waals surface area contributed by atoms with Gasteiger partial charge in [0.1, 0.15) is 12.7 Å². The second-order valence-electron chi connectivity index (χ2n) is 8.11. The molecule has 0 aliphatic carbocycles. The van der Waals surface area contributed by atoms with Crippen LogP contribution in [0.25, 0.3) is 0 Å². The number of likely N-dealkylation sites (tertiary alicyclic amines) is 1. The molecule has 1 N–H and O–H groups in total. The van der Waals surface area contributed by atoms with Crippen LogP contribution >= 0.6 is 15.9 Å². The number of amides is 1. The van der Waals surface area contributed by atoms with Crippen molar-refractivity contribution >= 4 is 21.8 Å². The molecule has 1 amide bonds. The molecule has 160 valence electrons. The van der Waals surface area contributed by atoms with Gasteiger partial charge in [0, 0.05) is 29.5 Å². The molecule has 1 aromatic heterocycles. The zero-order valence-corrected chi connectivity index (χ0v) is 18.9. The number of halogens is 1. The number of aromatic nitrogens is 1. The quantitative estimate of drug-likeness (QED) is 0.696. The molecule has 2 aliphatic heterocycles. The Balaban J connectivity index is 1.17. The molecule has 0 bridgehead atoms. The fourth-order valence-corrected chi connectivity index (χ4v) is 4.38. The van der Waals surface area contributed by atoms with Crippen LogP contribution in [0.5, 0.6) is 11.5 Å². The Bertz CT molecular complexity index is 884. The predicted molar refractivity (Wildman–Crippen MR) is 119 cm³/mol. The SMILES string of the molecule is Cc1ncccc1CC(=O)NCC1CCN(CC2COc3ccc(Br)cc3O2)CC1. The molecule has 6 nitrogen and oxygen atoms in total. The van der Waals surface area contributed by atoms with Crippen LogP contribution in [0.3, 0.4) is 0 Å². The number of nitrogens with zero attached hydrogens (tertiary/aromatic N) is 2. The summed E-state index contributed by atoms with van der Waals surface area (Å²) >= 11 is 3.48. The molecule has 0 saturated carbocycles. The second kappa shape index (κ2) is 9.79. The summed E-state index contributed by atoms with van der Waals surface area (Å²) in [5.41, 5.74) is 1.91. The highest BCUT2D eigenvalue weighted by Crippen LogP contribution is 2.34. The number of fused-ring (bicyclic) bond motifs is 1. The Morgan fingerprint density at radius 2 is 2.10 bits per heavy atom. The maximum absolute atomic E-state index is 12.3. The number of carbonyl (C=O) groups excluding carboxylic acids is 1.